The molecule has 0 aliphatic carbocycles. The molecule has 2 unspecified atom stereocenters. The Kier molecular flexibility index (Phi) is 14.2. The minimum atomic E-state index is -0.823. The highest BCUT2D eigenvalue weighted by Gasteiger charge is 2.37. The van der Waals surface area contributed by atoms with E-state index in [4.69, 9.17) is 4.74 Å². The highest BCUT2D eigenvalue weighted by Crippen LogP contribution is 2.27. The highest BCUT2D eigenvalue weighted by molar-refractivity contribution is 5.92. The van der Waals surface area contributed by atoms with Crippen molar-refractivity contribution in [3.63, 3.8) is 0 Å². The molecule has 1 aromatic rings. The molecule has 1 aromatic carbocycles. The molecule has 0 aromatic heterocycles. The Morgan fingerprint density at radius 2 is 1.43 bits per heavy atom. The van der Waals surface area contributed by atoms with Gasteiger partial charge >= 0.3 is 6.09 Å². The lowest BCUT2D eigenvalue weighted by Crippen LogP contribution is -2.55. The minimum absolute atomic E-state index is 0.142. The zero-order chi connectivity index (χ0) is 30.7. The van der Waals surface area contributed by atoms with Crippen LogP contribution in [0.25, 0.3) is 0 Å². The van der Waals surface area contributed by atoms with Crippen LogP contribution in [0.1, 0.15) is 130 Å². The third-order valence-corrected chi connectivity index (χ3v) is 6.35. The number of amides is 3. The van der Waals surface area contributed by atoms with Crippen LogP contribution in [0.4, 0.5) is 4.79 Å². The van der Waals surface area contributed by atoms with E-state index in [1.54, 1.807) is 25.7 Å². The second-order valence-electron chi connectivity index (χ2n) is 13.7. The lowest BCUT2D eigenvalue weighted by Gasteiger charge is -2.36. The van der Waals surface area contributed by atoms with E-state index in [1.807, 2.05) is 60.6 Å². The van der Waals surface area contributed by atoms with Crippen LogP contribution in [0.3, 0.4) is 0 Å². The smallest absolute Gasteiger partial charge is 0.408 e. The molecule has 0 saturated carbocycles. The molecule has 2 N–H and O–H groups in total. The fourth-order valence-electron chi connectivity index (χ4n) is 4.85. The molecule has 0 heterocycles. The van der Waals surface area contributed by atoms with Gasteiger partial charge in [-0.25, -0.2) is 4.79 Å². The van der Waals surface area contributed by atoms with Crippen LogP contribution in [0, 0.1) is 19.8 Å². The molecule has 0 aliphatic heterocycles. The Labute approximate surface area is 244 Å². The second kappa shape index (κ2) is 16.0. The van der Waals surface area contributed by atoms with Crippen LogP contribution in [0.15, 0.2) is 18.2 Å². The quantitative estimate of drug-likeness (QED) is 0.233. The van der Waals surface area contributed by atoms with Crippen LogP contribution >= 0.6 is 0 Å². The van der Waals surface area contributed by atoms with Crippen LogP contribution in [0.2, 0.25) is 0 Å². The minimum Gasteiger partial charge on any atom is -0.444 e. The first-order valence-corrected chi connectivity index (χ1v) is 15.1. The lowest BCUT2D eigenvalue weighted by molar-refractivity contribution is -0.143. The van der Waals surface area contributed by atoms with E-state index in [2.05, 4.69) is 23.6 Å². The van der Waals surface area contributed by atoms with Gasteiger partial charge < -0.3 is 20.3 Å². The molecule has 7 nitrogen and oxygen atoms in total. The fraction of sp³-hybridized carbons (Fsp3) is 0.727. The zero-order valence-electron chi connectivity index (χ0n) is 27.2. The summed E-state index contributed by atoms with van der Waals surface area (Å²) in [4.78, 5) is 42.8. The van der Waals surface area contributed by atoms with E-state index in [-0.39, 0.29) is 17.7 Å². The molecule has 0 aliphatic rings. The molecule has 1 rings (SSSR count). The summed E-state index contributed by atoms with van der Waals surface area (Å²) in [6, 6.07) is 4.40. The Hall–Kier alpha value is -2.57. The van der Waals surface area contributed by atoms with Crippen molar-refractivity contribution in [1.82, 2.24) is 15.5 Å². The van der Waals surface area contributed by atoms with E-state index in [9.17, 15) is 14.4 Å². The van der Waals surface area contributed by atoms with E-state index >= 15 is 0 Å². The normalized spacial score (nSPS) is 13.5. The molecule has 0 radical (unpaired) electrons. The summed E-state index contributed by atoms with van der Waals surface area (Å²) >= 11 is 0. The van der Waals surface area contributed by atoms with Gasteiger partial charge in [-0.15, -0.1) is 0 Å². The Morgan fingerprint density at radius 3 is 1.93 bits per heavy atom. The summed E-state index contributed by atoms with van der Waals surface area (Å²) < 4.78 is 5.51. The lowest BCUT2D eigenvalue weighted by atomic mass is 9.95. The highest BCUT2D eigenvalue weighted by atomic mass is 16.6. The maximum absolute atomic E-state index is 14.4. The number of ether oxygens (including phenoxy) is 1. The number of benzene rings is 1. The van der Waals surface area contributed by atoms with Gasteiger partial charge in [0.2, 0.25) is 11.8 Å². The van der Waals surface area contributed by atoms with Gasteiger partial charge in [0.25, 0.3) is 0 Å². The van der Waals surface area contributed by atoms with Crippen molar-refractivity contribution in [3.8, 4) is 0 Å². The predicted octanol–water partition coefficient (Wildman–Crippen LogP) is 7.39. The average molecular weight is 560 g/mol. The van der Waals surface area contributed by atoms with Gasteiger partial charge in [0.15, 0.2) is 0 Å². The number of alkyl carbamates (subject to hydrolysis) is 1. The van der Waals surface area contributed by atoms with Crippen molar-refractivity contribution >= 4 is 17.9 Å². The van der Waals surface area contributed by atoms with E-state index in [0.717, 1.165) is 42.4 Å². The zero-order valence-corrected chi connectivity index (χ0v) is 27.2. The van der Waals surface area contributed by atoms with Crippen LogP contribution in [-0.4, -0.2) is 46.5 Å². The maximum atomic E-state index is 14.4. The molecule has 228 valence electrons. The fourth-order valence-corrected chi connectivity index (χ4v) is 4.85. The van der Waals surface area contributed by atoms with Gasteiger partial charge in [-0.05, 0) is 79.7 Å². The molecule has 7 heteroatoms. The molecule has 0 bridgehead atoms. The van der Waals surface area contributed by atoms with E-state index < -0.39 is 29.3 Å². The van der Waals surface area contributed by atoms with Crippen LogP contribution in [-0.2, 0) is 14.3 Å². The standard InChI is InChI=1S/C33H57N3O4/c1-12-13-14-15-16-17-18-36(30(38)27(19-23(2)3)34-31(39)40-33(9,10)11)28(29(37)35-32(6,7)8)26-21-24(4)20-25(5)22-26/h20-23,27-28H,12-19H2,1-11H3,(H,34,39)(H,35,37). The molecule has 3 amide bonds. The van der Waals surface area contributed by atoms with Crippen molar-refractivity contribution < 1.29 is 19.1 Å². The Bertz CT molecular complexity index is 939. The maximum Gasteiger partial charge on any atom is 0.408 e. The summed E-state index contributed by atoms with van der Waals surface area (Å²) in [5.41, 5.74) is 1.67. The number of aryl methyl sites for hydroxylation is 2. The summed E-state index contributed by atoms with van der Waals surface area (Å²) in [5, 5.41) is 5.95. The van der Waals surface area contributed by atoms with Gasteiger partial charge in [-0.1, -0.05) is 82.2 Å². The van der Waals surface area contributed by atoms with E-state index in [0.29, 0.717) is 13.0 Å². The summed E-state index contributed by atoms with van der Waals surface area (Å²) in [5.74, 6) is -0.346. The first-order chi connectivity index (χ1) is 18.4. The Morgan fingerprint density at radius 1 is 0.875 bits per heavy atom. The monoisotopic (exact) mass is 559 g/mol. The molecule has 0 saturated heterocycles. The van der Waals surface area contributed by atoms with Crippen LogP contribution in [0.5, 0.6) is 0 Å². The third kappa shape index (κ3) is 13.7. The molecular weight excluding hydrogens is 502 g/mol. The van der Waals surface area contributed by atoms with Gasteiger partial charge in [-0.3, -0.25) is 9.59 Å². The van der Waals surface area contributed by atoms with Crippen molar-refractivity contribution in [2.45, 2.75) is 144 Å². The summed E-state index contributed by atoms with van der Waals surface area (Å²) in [6.07, 6.45) is 6.16. The number of hydrogen-bond donors (Lipinski definition) is 2. The SMILES string of the molecule is CCCCCCCCN(C(=O)C(CC(C)C)NC(=O)OC(C)(C)C)C(C(=O)NC(C)(C)C)c1cc(C)cc(C)c1. The number of nitrogens with zero attached hydrogens (tertiary/aromatic N) is 1. The van der Waals surface area contributed by atoms with Crippen molar-refractivity contribution in [1.29, 1.82) is 0 Å². The molecule has 0 spiro atoms. The van der Waals surface area contributed by atoms with Gasteiger partial charge in [-0.2, -0.15) is 0 Å². The van der Waals surface area contributed by atoms with Crippen molar-refractivity contribution in [3.05, 3.63) is 34.9 Å². The number of carbonyl (C=O) groups excluding carboxylic acids is 3. The second-order valence-corrected chi connectivity index (χ2v) is 13.7. The van der Waals surface area contributed by atoms with Crippen LogP contribution < -0.4 is 10.6 Å². The van der Waals surface area contributed by atoms with Crippen molar-refractivity contribution in [2.75, 3.05) is 6.54 Å². The molecule has 2 atom stereocenters. The number of unbranched alkanes of at least 4 members (excludes halogenated alkanes) is 5. The molecular formula is C33H57N3O4. The predicted molar refractivity (Wildman–Crippen MR) is 164 cm³/mol. The Balaban J connectivity index is 3.55. The largest absolute Gasteiger partial charge is 0.444 e. The first-order valence-electron chi connectivity index (χ1n) is 15.1. The van der Waals surface area contributed by atoms with Gasteiger partial charge in [0.05, 0.1) is 0 Å². The molecule has 40 heavy (non-hydrogen) atoms. The topological polar surface area (TPSA) is 87.7 Å². The number of rotatable bonds is 14. The number of carbonyl (C=O) groups is 3. The van der Waals surface area contributed by atoms with Crippen molar-refractivity contribution in [2.24, 2.45) is 5.92 Å². The average Bonchev–Trinajstić information content (AvgIpc) is 2.76. The summed E-state index contributed by atoms with van der Waals surface area (Å²) in [7, 11) is 0. The number of nitrogens with one attached hydrogen (secondary N) is 2. The van der Waals surface area contributed by atoms with Gasteiger partial charge in [0.1, 0.15) is 17.7 Å². The number of hydrogen-bond acceptors (Lipinski definition) is 4. The first kappa shape index (κ1) is 35.5. The summed E-state index contributed by atoms with van der Waals surface area (Å²) in [6.45, 7) is 21.9. The van der Waals surface area contributed by atoms with E-state index in [1.165, 1.54) is 12.8 Å². The third-order valence-electron chi connectivity index (χ3n) is 6.35. The molecule has 0 fully saturated rings. The van der Waals surface area contributed by atoms with Gasteiger partial charge in [0, 0.05) is 12.1 Å².